The Hall–Kier alpha value is -5.28. The zero-order valence-electron chi connectivity index (χ0n) is 23.4. The molecule has 0 spiro atoms. The van der Waals surface area contributed by atoms with Crippen LogP contribution in [0.5, 0.6) is 0 Å². The molecule has 0 radical (unpaired) electrons. The molecule has 0 saturated heterocycles. The summed E-state index contributed by atoms with van der Waals surface area (Å²) in [5, 5.41) is 4.43. The number of benzene rings is 6. The Kier molecular flexibility index (Phi) is 4.67. The Morgan fingerprint density at radius 3 is 2.00 bits per heavy atom. The lowest BCUT2D eigenvalue weighted by Crippen LogP contribution is -2.16. The second-order valence-corrected chi connectivity index (χ2v) is 11.7. The van der Waals surface area contributed by atoms with Crippen molar-refractivity contribution < 1.29 is 8.83 Å². The highest BCUT2D eigenvalue weighted by molar-refractivity contribution is 6.15. The standard InChI is InChI=1S/C39H27NO2/c1-39(2)29-14-6-3-12-26(29)37-30(39)15-9-16-31(37)40(24-21-22-35-28(23-24)25-11-4-7-18-33(25)41-35)32-17-10-20-36-38(32)27-13-5-8-19-34(27)42-36/h3-23H,1-2H3. The first-order valence-corrected chi connectivity index (χ1v) is 14.4. The SMILES string of the molecule is CC1(C)c2ccccc2-c2c(N(c3ccc4oc5ccccc5c4c3)c3cccc4oc5ccccc5c34)cccc21. The third-order valence-corrected chi connectivity index (χ3v) is 9.07. The maximum absolute atomic E-state index is 6.37. The van der Waals surface area contributed by atoms with E-state index in [2.05, 4.69) is 122 Å². The quantitative estimate of drug-likeness (QED) is 0.223. The molecule has 2 aromatic heterocycles. The first kappa shape index (κ1) is 23.4. The first-order valence-electron chi connectivity index (χ1n) is 14.4. The van der Waals surface area contributed by atoms with Crippen LogP contribution in [-0.4, -0.2) is 0 Å². The van der Waals surface area contributed by atoms with Crippen LogP contribution in [-0.2, 0) is 5.41 Å². The molecule has 0 aliphatic heterocycles. The van der Waals surface area contributed by atoms with E-state index in [4.69, 9.17) is 8.83 Å². The van der Waals surface area contributed by atoms with Crippen molar-refractivity contribution in [3.63, 3.8) is 0 Å². The topological polar surface area (TPSA) is 29.5 Å². The minimum Gasteiger partial charge on any atom is -0.456 e. The summed E-state index contributed by atoms with van der Waals surface area (Å²) in [5.74, 6) is 0. The molecule has 3 heteroatoms. The van der Waals surface area contributed by atoms with Gasteiger partial charge in [0.25, 0.3) is 0 Å². The van der Waals surface area contributed by atoms with Gasteiger partial charge in [0, 0.05) is 32.8 Å². The summed E-state index contributed by atoms with van der Waals surface area (Å²) in [4.78, 5) is 2.42. The van der Waals surface area contributed by atoms with E-state index in [1.807, 2.05) is 24.3 Å². The van der Waals surface area contributed by atoms with Crippen LogP contribution in [0.4, 0.5) is 17.1 Å². The van der Waals surface area contributed by atoms with Gasteiger partial charge in [-0.3, -0.25) is 0 Å². The summed E-state index contributed by atoms with van der Waals surface area (Å²) >= 11 is 0. The highest BCUT2D eigenvalue weighted by Gasteiger charge is 2.38. The van der Waals surface area contributed by atoms with Gasteiger partial charge in [-0.2, -0.15) is 0 Å². The van der Waals surface area contributed by atoms with Crippen molar-refractivity contribution in [1.29, 1.82) is 0 Å². The molecule has 6 aromatic carbocycles. The fraction of sp³-hybridized carbons (Fsp3) is 0.0769. The summed E-state index contributed by atoms with van der Waals surface area (Å²) in [6.07, 6.45) is 0. The summed E-state index contributed by atoms with van der Waals surface area (Å²) in [5.41, 5.74) is 12.0. The van der Waals surface area contributed by atoms with E-state index >= 15 is 0 Å². The van der Waals surface area contributed by atoms with Gasteiger partial charge in [-0.25, -0.2) is 0 Å². The second kappa shape index (κ2) is 8.37. The van der Waals surface area contributed by atoms with Crippen molar-refractivity contribution in [3.05, 3.63) is 139 Å². The lowest BCUT2D eigenvalue weighted by atomic mass is 9.82. The predicted octanol–water partition coefficient (Wildman–Crippen LogP) is 11.3. The average molecular weight is 542 g/mol. The summed E-state index contributed by atoms with van der Waals surface area (Å²) in [6, 6.07) is 45.1. The molecular formula is C39H27NO2. The van der Waals surface area contributed by atoms with Gasteiger partial charge in [-0.05, 0) is 65.2 Å². The van der Waals surface area contributed by atoms with E-state index in [9.17, 15) is 0 Å². The average Bonchev–Trinajstić information content (AvgIpc) is 3.66. The Morgan fingerprint density at radius 1 is 0.500 bits per heavy atom. The van der Waals surface area contributed by atoms with Gasteiger partial charge in [0.2, 0.25) is 0 Å². The molecule has 0 bridgehead atoms. The highest BCUT2D eigenvalue weighted by atomic mass is 16.3. The van der Waals surface area contributed by atoms with E-state index in [-0.39, 0.29) is 5.41 Å². The van der Waals surface area contributed by atoms with Crippen LogP contribution < -0.4 is 4.90 Å². The van der Waals surface area contributed by atoms with Crippen molar-refractivity contribution in [2.24, 2.45) is 0 Å². The Bertz CT molecular complexity index is 2350. The van der Waals surface area contributed by atoms with Gasteiger partial charge in [0.1, 0.15) is 22.3 Å². The van der Waals surface area contributed by atoms with Gasteiger partial charge >= 0.3 is 0 Å². The van der Waals surface area contributed by atoms with Gasteiger partial charge < -0.3 is 13.7 Å². The zero-order valence-corrected chi connectivity index (χ0v) is 23.4. The van der Waals surface area contributed by atoms with E-state index in [1.165, 1.54) is 22.3 Å². The molecular weight excluding hydrogens is 514 g/mol. The third-order valence-electron chi connectivity index (χ3n) is 9.07. The molecule has 9 rings (SSSR count). The van der Waals surface area contributed by atoms with Crippen molar-refractivity contribution in [2.45, 2.75) is 19.3 Å². The lowest BCUT2D eigenvalue weighted by molar-refractivity contribution is 0.660. The molecule has 42 heavy (non-hydrogen) atoms. The molecule has 0 N–H and O–H groups in total. The second-order valence-electron chi connectivity index (χ2n) is 11.7. The normalized spacial score (nSPS) is 13.7. The monoisotopic (exact) mass is 541 g/mol. The van der Waals surface area contributed by atoms with Crippen LogP contribution in [0.25, 0.3) is 55.0 Å². The predicted molar refractivity (Wildman–Crippen MR) is 173 cm³/mol. The molecule has 0 atom stereocenters. The van der Waals surface area contributed by atoms with Crippen LogP contribution in [0, 0.1) is 0 Å². The Morgan fingerprint density at radius 2 is 1.12 bits per heavy atom. The molecule has 8 aromatic rings. The van der Waals surface area contributed by atoms with Crippen LogP contribution in [0.15, 0.2) is 136 Å². The summed E-state index contributed by atoms with van der Waals surface area (Å²) < 4.78 is 12.6. The first-order chi connectivity index (χ1) is 20.6. The number of anilines is 3. The number of fused-ring (bicyclic) bond motifs is 9. The minimum absolute atomic E-state index is 0.104. The fourth-order valence-electron chi connectivity index (χ4n) is 7.12. The number of hydrogen-bond acceptors (Lipinski definition) is 3. The van der Waals surface area contributed by atoms with Crippen molar-refractivity contribution in [3.8, 4) is 11.1 Å². The lowest BCUT2D eigenvalue weighted by Gasteiger charge is -2.29. The van der Waals surface area contributed by atoms with Crippen LogP contribution in [0.2, 0.25) is 0 Å². The highest BCUT2D eigenvalue weighted by Crippen LogP contribution is 2.55. The molecule has 3 nitrogen and oxygen atoms in total. The number of furan rings is 2. The van der Waals surface area contributed by atoms with E-state index in [0.29, 0.717) is 0 Å². The van der Waals surface area contributed by atoms with Gasteiger partial charge in [-0.1, -0.05) is 92.7 Å². The van der Waals surface area contributed by atoms with Crippen molar-refractivity contribution in [2.75, 3.05) is 4.90 Å². The molecule has 1 aliphatic carbocycles. The summed E-state index contributed by atoms with van der Waals surface area (Å²) in [7, 11) is 0. The zero-order chi connectivity index (χ0) is 28.0. The number of para-hydroxylation sites is 2. The van der Waals surface area contributed by atoms with Crippen LogP contribution in [0.1, 0.15) is 25.0 Å². The van der Waals surface area contributed by atoms with Gasteiger partial charge in [0.05, 0.1) is 16.8 Å². The maximum atomic E-state index is 6.37. The number of rotatable bonds is 3. The smallest absolute Gasteiger partial charge is 0.137 e. The van der Waals surface area contributed by atoms with Crippen molar-refractivity contribution in [1.82, 2.24) is 0 Å². The number of nitrogens with zero attached hydrogens (tertiary/aromatic N) is 1. The van der Waals surface area contributed by atoms with E-state index in [0.717, 1.165) is 60.9 Å². The maximum Gasteiger partial charge on any atom is 0.137 e. The minimum atomic E-state index is -0.104. The van der Waals surface area contributed by atoms with Gasteiger partial charge in [0.15, 0.2) is 0 Å². The Balaban J connectivity index is 1.41. The number of hydrogen-bond donors (Lipinski definition) is 0. The molecule has 0 amide bonds. The third kappa shape index (κ3) is 3.11. The van der Waals surface area contributed by atoms with E-state index in [1.54, 1.807) is 0 Å². The van der Waals surface area contributed by atoms with Gasteiger partial charge in [-0.15, -0.1) is 0 Å². The molecule has 0 saturated carbocycles. The molecule has 2 heterocycles. The molecule has 1 aliphatic rings. The molecule has 0 unspecified atom stereocenters. The van der Waals surface area contributed by atoms with Crippen molar-refractivity contribution >= 4 is 60.9 Å². The fourth-order valence-corrected chi connectivity index (χ4v) is 7.12. The summed E-state index contributed by atoms with van der Waals surface area (Å²) in [6.45, 7) is 4.67. The Labute approximate surface area is 243 Å². The van der Waals surface area contributed by atoms with Crippen LogP contribution in [0.3, 0.4) is 0 Å². The largest absolute Gasteiger partial charge is 0.456 e. The molecule has 200 valence electrons. The molecule has 0 fully saturated rings. The van der Waals surface area contributed by atoms with E-state index < -0.39 is 0 Å². The van der Waals surface area contributed by atoms with Crippen LogP contribution >= 0.6 is 0 Å².